The first-order valence-corrected chi connectivity index (χ1v) is 7.84. The lowest BCUT2D eigenvalue weighted by Crippen LogP contribution is -2.50. The molecule has 2 aliphatic rings. The Kier molecular flexibility index (Phi) is 6.24. The maximum atomic E-state index is 10.1. The van der Waals surface area contributed by atoms with E-state index in [2.05, 4.69) is 16.3 Å². The molecule has 3 unspecified atom stereocenters. The van der Waals surface area contributed by atoms with Crippen LogP contribution >= 0.6 is 0 Å². The van der Waals surface area contributed by atoms with Crippen molar-refractivity contribution in [3.05, 3.63) is 0 Å². The third-order valence-electron chi connectivity index (χ3n) is 4.42. The molecule has 1 saturated carbocycles. The number of aliphatic hydroxyl groups excluding tert-OH is 2. The normalized spacial score (nSPS) is 29.1. The molecule has 1 saturated heterocycles. The molecule has 5 nitrogen and oxygen atoms in total. The van der Waals surface area contributed by atoms with Gasteiger partial charge in [-0.3, -0.25) is 4.90 Å². The minimum atomic E-state index is -0.153. The molecule has 1 aliphatic carbocycles. The average Bonchev–Trinajstić information content (AvgIpc) is 3.23. The van der Waals surface area contributed by atoms with Gasteiger partial charge in [0.2, 0.25) is 0 Å². The molecule has 0 spiro atoms. The summed E-state index contributed by atoms with van der Waals surface area (Å²) in [7, 11) is 0. The summed E-state index contributed by atoms with van der Waals surface area (Å²) in [6.07, 6.45) is 4.90. The van der Waals surface area contributed by atoms with Gasteiger partial charge >= 0.3 is 0 Å². The van der Waals surface area contributed by atoms with E-state index in [0.29, 0.717) is 24.4 Å². The van der Waals surface area contributed by atoms with E-state index >= 15 is 0 Å². The molecule has 0 amide bonds. The Bertz CT molecular complexity index is 328. The maximum Gasteiger partial charge on any atom is 0.0866 e. The first-order valence-electron chi connectivity index (χ1n) is 7.84. The summed E-state index contributed by atoms with van der Waals surface area (Å²) < 4.78 is 0. The van der Waals surface area contributed by atoms with Crippen LogP contribution in [0.3, 0.4) is 0 Å². The first-order chi connectivity index (χ1) is 9.72. The van der Waals surface area contributed by atoms with Crippen molar-refractivity contribution in [2.75, 3.05) is 32.8 Å². The molecule has 0 aromatic heterocycles. The molecule has 3 atom stereocenters. The second-order valence-electron chi connectivity index (χ2n) is 6.32. The van der Waals surface area contributed by atoms with Gasteiger partial charge < -0.3 is 15.5 Å². The molecule has 1 heterocycles. The van der Waals surface area contributed by atoms with E-state index in [9.17, 15) is 5.11 Å². The highest BCUT2D eigenvalue weighted by Gasteiger charge is 2.34. The molecule has 0 aromatic carbocycles. The van der Waals surface area contributed by atoms with Gasteiger partial charge in [0.05, 0.1) is 18.7 Å². The predicted octanol–water partition coefficient (Wildman–Crippen LogP) is 0.333. The number of hydrogen-bond acceptors (Lipinski definition) is 5. The molecule has 2 fully saturated rings. The molecule has 1 aliphatic heterocycles. The standard InChI is InChI=1S/C15H27N3O2/c16-4-6-18-10-12(9-15(20)13-2-3-13)8-14(11-18)17-5-1-7-19/h12-15,17,19-20H,1-3,5-11H2. The number of likely N-dealkylation sites (tertiary alicyclic amines) is 1. The highest BCUT2D eigenvalue weighted by atomic mass is 16.3. The summed E-state index contributed by atoms with van der Waals surface area (Å²) in [6, 6.07) is 2.60. The molecule has 114 valence electrons. The van der Waals surface area contributed by atoms with Gasteiger partial charge in [-0.05, 0) is 50.5 Å². The quantitative estimate of drug-likeness (QED) is 0.441. The molecule has 0 aromatic rings. The van der Waals surface area contributed by atoms with E-state index in [-0.39, 0.29) is 12.7 Å². The monoisotopic (exact) mass is 281 g/mol. The summed E-state index contributed by atoms with van der Waals surface area (Å²) in [5.41, 5.74) is 0. The second kappa shape index (κ2) is 7.94. The van der Waals surface area contributed by atoms with Gasteiger partial charge in [0, 0.05) is 25.7 Å². The van der Waals surface area contributed by atoms with Crippen molar-refractivity contribution in [2.45, 2.75) is 44.2 Å². The average molecular weight is 281 g/mol. The highest BCUT2D eigenvalue weighted by Crippen LogP contribution is 2.36. The summed E-state index contributed by atoms with van der Waals surface area (Å²) in [4.78, 5) is 2.18. The van der Waals surface area contributed by atoms with Crippen molar-refractivity contribution in [3.8, 4) is 6.07 Å². The van der Waals surface area contributed by atoms with E-state index in [0.717, 1.165) is 38.9 Å². The molecule has 20 heavy (non-hydrogen) atoms. The van der Waals surface area contributed by atoms with Crippen LogP contribution in [0.4, 0.5) is 0 Å². The molecule has 0 bridgehead atoms. The molecular formula is C15H27N3O2. The van der Waals surface area contributed by atoms with E-state index in [1.54, 1.807) is 0 Å². The smallest absolute Gasteiger partial charge is 0.0866 e. The van der Waals surface area contributed by atoms with Crippen LogP contribution in [0, 0.1) is 23.2 Å². The fraction of sp³-hybridized carbons (Fsp3) is 0.933. The third-order valence-corrected chi connectivity index (χ3v) is 4.42. The van der Waals surface area contributed by atoms with Gasteiger partial charge in [0.15, 0.2) is 0 Å². The predicted molar refractivity (Wildman–Crippen MR) is 77.0 cm³/mol. The number of nitrogens with one attached hydrogen (secondary N) is 1. The Morgan fingerprint density at radius 1 is 1.35 bits per heavy atom. The largest absolute Gasteiger partial charge is 0.396 e. The maximum absolute atomic E-state index is 10.1. The van der Waals surface area contributed by atoms with Crippen LogP contribution in [-0.4, -0.2) is 60.0 Å². The van der Waals surface area contributed by atoms with Gasteiger partial charge in [-0.2, -0.15) is 5.26 Å². The minimum absolute atomic E-state index is 0.153. The minimum Gasteiger partial charge on any atom is -0.396 e. The summed E-state index contributed by atoms with van der Waals surface area (Å²) in [5.74, 6) is 1.00. The number of nitrogens with zero attached hydrogens (tertiary/aromatic N) is 2. The zero-order chi connectivity index (χ0) is 14.4. The van der Waals surface area contributed by atoms with Gasteiger partial charge in [-0.15, -0.1) is 0 Å². The summed E-state index contributed by atoms with van der Waals surface area (Å²) in [5, 5.41) is 31.3. The van der Waals surface area contributed by atoms with Crippen molar-refractivity contribution < 1.29 is 10.2 Å². The van der Waals surface area contributed by atoms with Crippen molar-refractivity contribution in [1.82, 2.24) is 10.2 Å². The molecule has 5 heteroatoms. The molecule has 0 radical (unpaired) electrons. The fourth-order valence-electron chi connectivity index (χ4n) is 3.25. The van der Waals surface area contributed by atoms with Crippen LogP contribution in [0.1, 0.15) is 32.1 Å². The van der Waals surface area contributed by atoms with Crippen molar-refractivity contribution in [3.63, 3.8) is 0 Å². The van der Waals surface area contributed by atoms with Crippen LogP contribution in [-0.2, 0) is 0 Å². The van der Waals surface area contributed by atoms with E-state index in [1.165, 1.54) is 12.8 Å². The number of hydrogen-bond donors (Lipinski definition) is 3. The Morgan fingerprint density at radius 2 is 2.15 bits per heavy atom. The van der Waals surface area contributed by atoms with Gasteiger partial charge in [-0.25, -0.2) is 0 Å². The molecule has 3 N–H and O–H groups in total. The van der Waals surface area contributed by atoms with Crippen molar-refractivity contribution in [1.29, 1.82) is 5.26 Å². The summed E-state index contributed by atoms with van der Waals surface area (Å²) >= 11 is 0. The van der Waals surface area contributed by atoms with Gasteiger partial charge in [0.1, 0.15) is 0 Å². The SMILES string of the molecule is N#CCN1CC(CC(O)C2CC2)CC(NCCCO)C1. The lowest BCUT2D eigenvalue weighted by atomic mass is 9.88. The molecule has 2 rings (SSSR count). The topological polar surface area (TPSA) is 79.5 Å². The third kappa shape index (κ3) is 5.02. The second-order valence-corrected chi connectivity index (χ2v) is 6.32. The van der Waals surface area contributed by atoms with Crippen LogP contribution in [0.15, 0.2) is 0 Å². The first kappa shape index (κ1) is 15.7. The van der Waals surface area contributed by atoms with E-state index in [4.69, 9.17) is 10.4 Å². The van der Waals surface area contributed by atoms with Crippen LogP contribution in [0.25, 0.3) is 0 Å². The Labute approximate surface area is 121 Å². The van der Waals surface area contributed by atoms with E-state index in [1.807, 2.05) is 0 Å². The number of rotatable bonds is 8. The lowest BCUT2D eigenvalue weighted by Gasteiger charge is -2.38. The van der Waals surface area contributed by atoms with Crippen molar-refractivity contribution in [2.24, 2.45) is 11.8 Å². The van der Waals surface area contributed by atoms with Crippen LogP contribution in [0.5, 0.6) is 0 Å². The summed E-state index contributed by atoms with van der Waals surface area (Å²) in [6.45, 7) is 3.32. The molecular weight excluding hydrogens is 254 g/mol. The number of piperidine rings is 1. The van der Waals surface area contributed by atoms with Gasteiger partial charge in [0.25, 0.3) is 0 Å². The number of aliphatic hydroxyl groups is 2. The Hall–Kier alpha value is -0.670. The van der Waals surface area contributed by atoms with Crippen LogP contribution in [0.2, 0.25) is 0 Å². The van der Waals surface area contributed by atoms with Gasteiger partial charge in [-0.1, -0.05) is 0 Å². The van der Waals surface area contributed by atoms with Crippen LogP contribution < -0.4 is 5.32 Å². The van der Waals surface area contributed by atoms with Crippen molar-refractivity contribution >= 4 is 0 Å². The zero-order valence-electron chi connectivity index (χ0n) is 12.2. The highest BCUT2D eigenvalue weighted by molar-refractivity contribution is 4.90. The van der Waals surface area contributed by atoms with E-state index < -0.39 is 0 Å². The lowest BCUT2D eigenvalue weighted by molar-refractivity contribution is 0.0794. The Morgan fingerprint density at radius 3 is 2.80 bits per heavy atom. The number of nitriles is 1. The fourth-order valence-corrected chi connectivity index (χ4v) is 3.25. The Balaban J connectivity index is 1.81. The zero-order valence-corrected chi connectivity index (χ0v) is 12.2.